The van der Waals surface area contributed by atoms with E-state index in [2.05, 4.69) is 0 Å². The molecule has 1 saturated heterocycles. The molecule has 1 atom stereocenters. The zero-order chi connectivity index (χ0) is 23.1. The molecule has 5 rings (SSSR count). The molecule has 0 radical (unpaired) electrons. The Morgan fingerprint density at radius 3 is 2.21 bits per heavy atom. The lowest BCUT2D eigenvalue weighted by Crippen LogP contribution is -2.29. The summed E-state index contributed by atoms with van der Waals surface area (Å²) in [6.07, 6.45) is 0.0173. The average Bonchev–Trinajstić information content (AvgIpc) is 3.32. The molecule has 0 saturated carbocycles. The molecule has 3 amide bonds. The molecule has 0 N–H and O–H groups in total. The van der Waals surface area contributed by atoms with Crippen LogP contribution in [0.15, 0.2) is 72.8 Å². The number of carbonyl (C=O) groups is 4. The molecule has 0 unspecified atom stereocenters. The number of rotatable bonds is 4. The van der Waals surface area contributed by atoms with E-state index in [1.54, 1.807) is 66.7 Å². The lowest BCUT2D eigenvalue weighted by molar-refractivity contribution is -0.139. The van der Waals surface area contributed by atoms with Gasteiger partial charge in [-0.05, 0) is 42.5 Å². The molecule has 1 fully saturated rings. The Balaban J connectivity index is 1.32. The molecule has 0 bridgehead atoms. The van der Waals surface area contributed by atoms with Crippen LogP contribution in [0.2, 0.25) is 5.02 Å². The third-order valence-electron chi connectivity index (χ3n) is 5.67. The number of nitrogens with zero attached hydrogens (tertiary/aromatic N) is 2. The molecule has 0 spiro atoms. The van der Waals surface area contributed by atoms with Crippen molar-refractivity contribution in [3.63, 3.8) is 0 Å². The fourth-order valence-electron chi connectivity index (χ4n) is 4.07. The SMILES string of the molecule is O=C(Oc1cccc(N2C(=O)c3ccccc3C2=O)c1)[C@@H]1CC(=O)N(c2cccc(Cl)c2)C1. The molecule has 3 aromatic rings. The Morgan fingerprint density at radius 2 is 1.52 bits per heavy atom. The molecule has 3 aromatic carbocycles. The Kier molecular flexibility index (Phi) is 5.18. The smallest absolute Gasteiger partial charge is 0.316 e. The second-order valence-corrected chi connectivity index (χ2v) is 8.23. The van der Waals surface area contributed by atoms with Crippen molar-refractivity contribution in [3.8, 4) is 5.75 Å². The lowest BCUT2D eigenvalue weighted by atomic mass is 10.1. The van der Waals surface area contributed by atoms with Gasteiger partial charge >= 0.3 is 5.97 Å². The van der Waals surface area contributed by atoms with Gasteiger partial charge in [-0.15, -0.1) is 0 Å². The van der Waals surface area contributed by atoms with Gasteiger partial charge in [-0.1, -0.05) is 35.9 Å². The number of carbonyl (C=O) groups excluding carboxylic acids is 4. The van der Waals surface area contributed by atoms with Crippen LogP contribution in [0.25, 0.3) is 0 Å². The number of ether oxygens (including phenoxy) is 1. The van der Waals surface area contributed by atoms with Gasteiger partial charge in [0.1, 0.15) is 5.75 Å². The third-order valence-corrected chi connectivity index (χ3v) is 5.90. The van der Waals surface area contributed by atoms with Gasteiger partial charge in [0.15, 0.2) is 0 Å². The zero-order valence-electron chi connectivity index (χ0n) is 17.2. The highest BCUT2D eigenvalue weighted by atomic mass is 35.5. The summed E-state index contributed by atoms with van der Waals surface area (Å²) in [6.45, 7) is 0.177. The summed E-state index contributed by atoms with van der Waals surface area (Å²) in [6, 6.07) is 19.7. The standard InChI is InChI=1S/C25H17ClN2O5/c26-16-5-3-6-17(12-16)27-14-15(11-22(27)29)25(32)33-19-8-4-7-18(13-19)28-23(30)20-9-1-2-10-21(20)24(28)31/h1-10,12-13,15H,11,14H2/t15-/m1/s1. The first kappa shape index (κ1) is 20.9. The number of imide groups is 1. The van der Waals surface area contributed by atoms with Gasteiger partial charge in [-0.25, -0.2) is 4.90 Å². The van der Waals surface area contributed by atoms with Gasteiger partial charge in [0, 0.05) is 29.7 Å². The number of benzene rings is 3. The maximum absolute atomic E-state index is 12.8. The van der Waals surface area contributed by atoms with E-state index in [4.69, 9.17) is 16.3 Å². The predicted molar refractivity (Wildman–Crippen MR) is 122 cm³/mol. The monoisotopic (exact) mass is 460 g/mol. The normalized spacial score (nSPS) is 17.5. The van der Waals surface area contributed by atoms with Crippen LogP contribution in [0, 0.1) is 5.92 Å². The highest BCUT2D eigenvalue weighted by Crippen LogP contribution is 2.32. The van der Waals surface area contributed by atoms with Crippen LogP contribution < -0.4 is 14.5 Å². The fourth-order valence-corrected chi connectivity index (χ4v) is 4.25. The number of anilines is 2. The maximum atomic E-state index is 12.8. The first-order valence-corrected chi connectivity index (χ1v) is 10.7. The molecular formula is C25H17ClN2O5. The molecule has 2 aliphatic rings. The Labute approximate surface area is 194 Å². The van der Waals surface area contributed by atoms with E-state index >= 15 is 0 Å². The van der Waals surface area contributed by atoms with Crippen molar-refractivity contribution in [2.45, 2.75) is 6.42 Å². The summed E-state index contributed by atoms with van der Waals surface area (Å²) in [5, 5.41) is 0.497. The predicted octanol–water partition coefficient (Wildman–Crippen LogP) is 4.10. The van der Waals surface area contributed by atoms with Crippen molar-refractivity contribution in [2.75, 3.05) is 16.3 Å². The molecule has 164 valence electrons. The van der Waals surface area contributed by atoms with Crippen molar-refractivity contribution < 1.29 is 23.9 Å². The second-order valence-electron chi connectivity index (χ2n) is 7.80. The molecular weight excluding hydrogens is 444 g/mol. The van der Waals surface area contributed by atoms with Crippen LogP contribution in [-0.2, 0) is 9.59 Å². The molecule has 2 aliphatic heterocycles. The minimum atomic E-state index is -0.653. The summed E-state index contributed by atoms with van der Waals surface area (Å²) < 4.78 is 5.51. The summed E-state index contributed by atoms with van der Waals surface area (Å²) >= 11 is 6.01. The quantitative estimate of drug-likeness (QED) is 0.332. The van der Waals surface area contributed by atoms with Gasteiger partial charge in [-0.2, -0.15) is 0 Å². The Hall–Kier alpha value is -3.97. The van der Waals surface area contributed by atoms with Crippen LogP contribution in [0.3, 0.4) is 0 Å². The van der Waals surface area contributed by atoms with E-state index in [-0.39, 0.29) is 24.6 Å². The number of hydrogen-bond donors (Lipinski definition) is 0. The number of halogens is 1. The first-order chi connectivity index (χ1) is 15.9. The van der Waals surface area contributed by atoms with Crippen LogP contribution >= 0.6 is 11.6 Å². The number of fused-ring (bicyclic) bond motifs is 1. The highest BCUT2D eigenvalue weighted by molar-refractivity contribution is 6.34. The van der Waals surface area contributed by atoms with Crippen molar-refractivity contribution >= 4 is 46.7 Å². The van der Waals surface area contributed by atoms with Crippen molar-refractivity contribution in [3.05, 3.63) is 88.9 Å². The Morgan fingerprint density at radius 1 is 0.848 bits per heavy atom. The summed E-state index contributed by atoms with van der Waals surface area (Å²) in [7, 11) is 0. The minimum absolute atomic E-state index is 0.0173. The molecule has 33 heavy (non-hydrogen) atoms. The Bertz CT molecular complexity index is 1290. The molecule has 2 heterocycles. The van der Waals surface area contributed by atoms with E-state index < -0.39 is 23.7 Å². The minimum Gasteiger partial charge on any atom is -0.426 e. The average molecular weight is 461 g/mol. The van der Waals surface area contributed by atoms with Crippen LogP contribution in [-0.4, -0.2) is 30.2 Å². The summed E-state index contributed by atoms with van der Waals surface area (Å²) in [5.41, 5.74) is 1.58. The van der Waals surface area contributed by atoms with Crippen LogP contribution in [0.1, 0.15) is 27.1 Å². The van der Waals surface area contributed by atoms with Crippen molar-refractivity contribution in [1.29, 1.82) is 0 Å². The summed E-state index contributed by atoms with van der Waals surface area (Å²) in [5.74, 6) is -2.09. The van der Waals surface area contributed by atoms with E-state index in [1.165, 1.54) is 11.0 Å². The highest BCUT2D eigenvalue weighted by Gasteiger charge is 2.38. The van der Waals surface area contributed by atoms with Gasteiger partial charge in [0.2, 0.25) is 5.91 Å². The second kappa shape index (κ2) is 8.18. The van der Waals surface area contributed by atoms with Crippen molar-refractivity contribution in [1.82, 2.24) is 0 Å². The van der Waals surface area contributed by atoms with E-state index in [9.17, 15) is 19.2 Å². The van der Waals surface area contributed by atoms with Crippen LogP contribution in [0.4, 0.5) is 11.4 Å². The molecule has 7 nitrogen and oxygen atoms in total. The fraction of sp³-hybridized carbons (Fsp3) is 0.120. The van der Waals surface area contributed by atoms with Gasteiger partial charge < -0.3 is 9.64 Å². The van der Waals surface area contributed by atoms with E-state index in [0.717, 1.165) is 4.90 Å². The topological polar surface area (TPSA) is 84.0 Å². The third kappa shape index (κ3) is 3.76. The molecule has 8 heteroatoms. The number of hydrogen-bond acceptors (Lipinski definition) is 5. The molecule has 0 aromatic heterocycles. The van der Waals surface area contributed by atoms with E-state index in [0.29, 0.717) is 27.5 Å². The van der Waals surface area contributed by atoms with Gasteiger partial charge in [-0.3, -0.25) is 19.2 Å². The van der Waals surface area contributed by atoms with Gasteiger partial charge in [0.05, 0.1) is 22.7 Å². The number of esters is 1. The van der Waals surface area contributed by atoms with E-state index in [1.807, 2.05) is 0 Å². The lowest BCUT2D eigenvalue weighted by Gasteiger charge is -2.17. The largest absolute Gasteiger partial charge is 0.426 e. The molecule has 0 aliphatic carbocycles. The number of amides is 3. The van der Waals surface area contributed by atoms with Gasteiger partial charge in [0.25, 0.3) is 11.8 Å². The summed E-state index contributed by atoms with van der Waals surface area (Å²) in [4.78, 5) is 53.2. The zero-order valence-corrected chi connectivity index (χ0v) is 18.0. The van der Waals surface area contributed by atoms with Crippen molar-refractivity contribution in [2.24, 2.45) is 5.92 Å². The first-order valence-electron chi connectivity index (χ1n) is 10.3. The van der Waals surface area contributed by atoms with Crippen LogP contribution in [0.5, 0.6) is 5.75 Å². The maximum Gasteiger partial charge on any atom is 0.316 e.